The Morgan fingerprint density at radius 3 is 2.53 bits per heavy atom. The smallest absolute Gasteiger partial charge is 0.192 e. The summed E-state index contributed by atoms with van der Waals surface area (Å²) in [6.45, 7) is 2.76. The van der Waals surface area contributed by atoms with Gasteiger partial charge in [-0.25, -0.2) is 4.99 Å². The fraction of sp³-hybridized carbons (Fsp3) is 0.333. The molecular formula is C9H17N5O. The molecule has 0 aliphatic rings. The largest absolute Gasteiger partial charge is 0.465 e. The van der Waals surface area contributed by atoms with Gasteiger partial charge in [0.2, 0.25) is 0 Å². The summed E-state index contributed by atoms with van der Waals surface area (Å²) in [7, 11) is 1.90. The summed E-state index contributed by atoms with van der Waals surface area (Å²) < 4.78 is 5.26. The topological polar surface area (TPSA) is 113 Å². The number of rotatable bonds is 3. The van der Waals surface area contributed by atoms with Crippen molar-refractivity contribution < 1.29 is 4.42 Å². The second kappa shape index (κ2) is 7.57. The molecule has 0 saturated heterocycles. The first-order chi connectivity index (χ1) is 7.10. The van der Waals surface area contributed by atoms with E-state index in [1.54, 1.807) is 0 Å². The number of nitrogens with one attached hydrogen (secondary N) is 2. The Balaban J connectivity index is 0.000000288. The fourth-order valence-corrected chi connectivity index (χ4v) is 0.829. The second-order valence-electron chi connectivity index (χ2n) is 2.73. The molecule has 0 spiro atoms. The summed E-state index contributed by atoms with van der Waals surface area (Å²) in [5, 5.41) is 9.26. The van der Waals surface area contributed by atoms with Crippen molar-refractivity contribution in [1.82, 2.24) is 5.32 Å². The van der Waals surface area contributed by atoms with Gasteiger partial charge in [0.15, 0.2) is 5.96 Å². The molecule has 1 aromatic rings. The van der Waals surface area contributed by atoms with Crippen LogP contribution < -0.4 is 16.8 Å². The zero-order chi connectivity index (χ0) is 11.7. The molecule has 0 aliphatic carbocycles. The Labute approximate surface area is 88.9 Å². The summed E-state index contributed by atoms with van der Waals surface area (Å²) >= 11 is 0. The number of nitrogens with zero attached hydrogens (tertiary/aromatic N) is 1. The third kappa shape index (κ3) is 7.27. The van der Waals surface area contributed by atoms with Gasteiger partial charge in [0.25, 0.3) is 0 Å². The summed E-state index contributed by atoms with van der Waals surface area (Å²) in [5.41, 5.74) is 9.56. The third-order valence-corrected chi connectivity index (χ3v) is 1.36. The SMILES string of the molecule is CNCc1ccc(C)o1.N=CN=C(N)N. The van der Waals surface area contributed by atoms with Crippen LogP contribution in [0.3, 0.4) is 0 Å². The van der Waals surface area contributed by atoms with Crippen molar-refractivity contribution in [2.75, 3.05) is 7.05 Å². The minimum absolute atomic E-state index is 0.0787. The molecule has 0 radical (unpaired) electrons. The van der Waals surface area contributed by atoms with E-state index in [1.165, 1.54) is 0 Å². The Kier molecular flexibility index (Phi) is 6.65. The van der Waals surface area contributed by atoms with E-state index < -0.39 is 0 Å². The van der Waals surface area contributed by atoms with Crippen LogP contribution >= 0.6 is 0 Å². The molecule has 0 unspecified atom stereocenters. The van der Waals surface area contributed by atoms with Crippen molar-refractivity contribution in [3.8, 4) is 0 Å². The molecular weight excluding hydrogens is 194 g/mol. The maximum atomic E-state index is 6.26. The molecule has 6 nitrogen and oxygen atoms in total. The molecule has 84 valence electrons. The van der Waals surface area contributed by atoms with E-state index >= 15 is 0 Å². The highest BCUT2D eigenvalue weighted by Crippen LogP contribution is 2.04. The summed E-state index contributed by atoms with van der Waals surface area (Å²) in [5.74, 6) is 1.89. The average Bonchev–Trinajstić information content (AvgIpc) is 2.53. The molecule has 0 aromatic carbocycles. The van der Waals surface area contributed by atoms with Crippen LogP contribution in [0.1, 0.15) is 11.5 Å². The monoisotopic (exact) mass is 211 g/mol. The lowest BCUT2D eigenvalue weighted by molar-refractivity contribution is 0.471. The molecule has 0 amide bonds. The molecule has 0 atom stereocenters. The van der Waals surface area contributed by atoms with Gasteiger partial charge < -0.3 is 21.2 Å². The van der Waals surface area contributed by atoms with E-state index in [1.807, 2.05) is 26.1 Å². The lowest BCUT2D eigenvalue weighted by Gasteiger charge is -1.90. The molecule has 1 aromatic heterocycles. The van der Waals surface area contributed by atoms with Crippen molar-refractivity contribution in [1.29, 1.82) is 5.41 Å². The van der Waals surface area contributed by atoms with E-state index in [4.69, 9.17) is 21.3 Å². The van der Waals surface area contributed by atoms with Gasteiger partial charge in [-0.05, 0) is 26.1 Å². The Morgan fingerprint density at radius 1 is 1.60 bits per heavy atom. The highest BCUT2D eigenvalue weighted by Gasteiger charge is 1.93. The molecule has 6 N–H and O–H groups in total. The van der Waals surface area contributed by atoms with Crippen molar-refractivity contribution in [3.63, 3.8) is 0 Å². The number of hydrogen-bond donors (Lipinski definition) is 4. The van der Waals surface area contributed by atoms with Crippen LogP contribution in [0.2, 0.25) is 0 Å². The number of aryl methyl sites for hydroxylation is 1. The molecule has 6 heteroatoms. The zero-order valence-corrected chi connectivity index (χ0v) is 8.95. The maximum absolute atomic E-state index is 6.26. The number of nitrogens with two attached hydrogens (primary N) is 2. The number of hydrogen-bond acceptors (Lipinski definition) is 3. The average molecular weight is 211 g/mol. The van der Waals surface area contributed by atoms with Crippen LogP contribution in [0.25, 0.3) is 0 Å². The molecule has 0 aliphatic heterocycles. The van der Waals surface area contributed by atoms with Gasteiger partial charge in [0.05, 0.1) is 6.54 Å². The fourth-order valence-electron chi connectivity index (χ4n) is 0.829. The predicted molar refractivity (Wildman–Crippen MR) is 60.8 cm³/mol. The minimum atomic E-state index is -0.0787. The van der Waals surface area contributed by atoms with Crippen LogP contribution in [0.5, 0.6) is 0 Å². The van der Waals surface area contributed by atoms with Gasteiger partial charge in [0.1, 0.15) is 17.9 Å². The van der Waals surface area contributed by atoms with E-state index in [-0.39, 0.29) is 5.96 Å². The molecule has 1 heterocycles. The normalized spacial score (nSPS) is 8.67. The lowest BCUT2D eigenvalue weighted by atomic mass is 10.4. The number of guanidine groups is 1. The first-order valence-corrected chi connectivity index (χ1v) is 4.37. The first-order valence-electron chi connectivity index (χ1n) is 4.37. The number of aliphatic imine (C=N–C) groups is 1. The van der Waals surface area contributed by atoms with Gasteiger partial charge >= 0.3 is 0 Å². The first kappa shape index (κ1) is 13.2. The van der Waals surface area contributed by atoms with Crippen LogP contribution in [0, 0.1) is 12.3 Å². The molecule has 0 saturated carbocycles. The van der Waals surface area contributed by atoms with Crippen LogP contribution in [0.4, 0.5) is 0 Å². The summed E-state index contributed by atoms with van der Waals surface area (Å²) in [6, 6.07) is 3.94. The van der Waals surface area contributed by atoms with Crippen molar-refractivity contribution in [2.45, 2.75) is 13.5 Å². The summed E-state index contributed by atoms with van der Waals surface area (Å²) in [6.07, 6.45) is 0.787. The van der Waals surface area contributed by atoms with Gasteiger partial charge in [-0.15, -0.1) is 0 Å². The highest BCUT2D eigenvalue weighted by molar-refractivity contribution is 5.83. The minimum Gasteiger partial charge on any atom is -0.465 e. The van der Waals surface area contributed by atoms with Crippen molar-refractivity contribution in [3.05, 3.63) is 23.7 Å². The van der Waals surface area contributed by atoms with E-state index in [0.29, 0.717) is 0 Å². The summed E-state index contributed by atoms with van der Waals surface area (Å²) in [4.78, 5) is 3.14. The van der Waals surface area contributed by atoms with Crippen LogP contribution in [-0.4, -0.2) is 19.3 Å². The van der Waals surface area contributed by atoms with Gasteiger partial charge in [-0.1, -0.05) is 0 Å². The van der Waals surface area contributed by atoms with Crippen LogP contribution in [0.15, 0.2) is 21.5 Å². The van der Waals surface area contributed by atoms with E-state index in [9.17, 15) is 0 Å². The predicted octanol–water partition coefficient (Wildman–Crippen LogP) is 0.174. The standard InChI is InChI=1S/C7H11NO.C2H6N4/c1-6-3-4-7(9-6)5-8-2;3-1-6-2(4)5/h3-4,8H,5H2,1-2H3;1H,(H5,3,4,5,6). The zero-order valence-electron chi connectivity index (χ0n) is 8.95. The van der Waals surface area contributed by atoms with Crippen molar-refractivity contribution in [2.24, 2.45) is 16.5 Å². The third-order valence-electron chi connectivity index (χ3n) is 1.36. The second-order valence-corrected chi connectivity index (χ2v) is 2.73. The Hall–Kier alpha value is -1.82. The van der Waals surface area contributed by atoms with E-state index in [2.05, 4.69) is 10.3 Å². The molecule has 0 bridgehead atoms. The Morgan fingerprint density at radius 2 is 2.27 bits per heavy atom. The lowest BCUT2D eigenvalue weighted by Crippen LogP contribution is -2.22. The molecule has 1 rings (SSSR count). The van der Waals surface area contributed by atoms with Gasteiger partial charge in [-0.3, -0.25) is 5.41 Å². The number of furan rings is 1. The van der Waals surface area contributed by atoms with Gasteiger partial charge in [-0.2, -0.15) is 0 Å². The van der Waals surface area contributed by atoms with E-state index in [0.717, 1.165) is 24.4 Å². The highest BCUT2D eigenvalue weighted by atomic mass is 16.3. The Bertz CT molecular complexity index is 314. The van der Waals surface area contributed by atoms with Crippen LogP contribution in [-0.2, 0) is 6.54 Å². The quantitative estimate of drug-likeness (QED) is 0.421. The van der Waals surface area contributed by atoms with Crippen molar-refractivity contribution >= 4 is 12.3 Å². The van der Waals surface area contributed by atoms with Gasteiger partial charge in [0, 0.05) is 0 Å². The maximum Gasteiger partial charge on any atom is 0.192 e. The molecule has 15 heavy (non-hydrogen) atoms. The molecule has 0 fully saturated rings.